The summed E-state index contributed by atoms with van der Waals surface area (Å²) in [6.45, 7) is 3.65. The summed E-state index contributed by atoms with van der Waals surface area (Å²) in [4.78, 5) is 8.27. The van der Waals surface area contributed by atoms with E-state index >= 15 is 0 Å². The average molecular weight is 237 g/mol. The first-order chi connectivity index (χ1) is 7.81. The van der Waals surface area contributed by atoms with Crippen LogP contribution in [-0.2, 0) is 13.1 Å². The first-order valence-corrected chi connectivity index (χ1v) is 5.53. The van der Waals surface area contributed by atoms with Gasteiger partial charge in [-0.2, -0.15) is 0 Å². The summed E-state index contributed by atoms with van der Waals surface area (Å²) in [6, 6.07) is 3.75. The van der Waals surface area contributed by atoms with Crippen LogP contribution in [0.2, 0.25) is 5.15 Å². The minimum atomic E-state index is 0.483. The highest BCUT2D eigenvalue weighted by Gasteiger charge is 2.03. The topological polar surface area (TPSA) is 42.7 Å². The molecule has 2 aromatic rings. The molecule has 0 atom stereocenters. The molecule has 5 heteroatoms. The van der Waals surface area contributed by atoms with E-state index in [9.17, 15) is 0 Å². The van der Waals surface area contributed by atoms with Crippen LogP contribution in [0.15, 0.2) is 30.7 Å². The van der Waals surface area contributed by atoms with E-state index in [1.54, 1.807) is 12.4 Å². The molecule has 0 bridgehead atoms. The maximum Gasteiger partial charge on any atom is 0.152 e. The number of aryl methyl sites for hydroxylation is 1. The first kappa shape index (κ1) is 11.0. The second-order valence-corrected chi connectivity index (χ2v) is 3.68. The lowest BCUT2D eigenvalue weighted by atomic mass is 10.4. The van der Waals surface area contributed by atoms with Gasteiger partial charge in [0.05, 0.1) is 12.2 Å². The number of anilines is 1. The Hall–Kier alpha value is -1.55. The molecule has 2 rings (SSSR count). The van der Waals surface area contributed by atoms with Crippen LogP contribution in [0, 0.1) is 0 Å². The minimum Gasteiger partial charge on any atom is -0.375 e. The molecule has 0 saturated heterocycles. The third kappa shape index (κ3) is 2.33. The number of nitrogens with one attached hydrogen (secondary N) is 1. The van der Waals surface area contributed by atoms with Crippen molar-refractivity contribution >= 4 is 17.3 Å². The predicted octanol–water partition coefficient (Wildman–Crippen LogP) is 2.56. The molecule has 16 heavy (non-hydrogen) atoms. The molecule has 0 radical (unpaired) electrons. The van der Waals surface area contributed by atoms with Crippen LogP contribution < -0.4 is 5.32 Å². The Morgan fingerprint density at radius 1 is 1.38 bits per heavy atom. The van der Waals surface area contributed by atoms with Gasteiger partial charge < -0.3 is 9.88 Å². The summed E-state index contributed by atoms with van der Waals surface area (Å²) in [5.74, 6) is 0.988. The Kier molecular flexibility index (Phi) is 3.41. The van der Waals surface area contributed by atoms with E-state index in [4.69, 9.17) is 11.6 Å². The van der Waals surface area contributed by atoms with Gasteiger partial charge in [0.15, 0.2) is 5.15 Å². The van der Waals surface area contributed by atoms with Crippen LogP contribution in [0.4, 0.5) is 5.69 Å². The summed E-state index contributed by atoms with van der Waals surface area (Å²) in [6.07, 6.45) is 5.42. The third-order valence-electron chi connectivity index (χ3n) is 2.34. The zero-order valence-corrected chi connectivity index (χ0v) is 9.78. The largest absolute Gasteiger partial charge is 0.375 e. The Balaban J connectivity index is 2.05. The van der Waals surface area contributed by atoms with Gasteiger partial charge in [-0.3, -0.25) is 0 Å². The second kappa shape index (κ2) is 4.99. The van der Waals surface area contributed by atoms with E-state index < -0.39 is 0 Å². The van der Waals surface area contributed by atoms with Gasteiger partial charge in [0, 0.05) is 25.1 Å². The molecule has 0 unspecified atom stereocenters. The van der Waals surface area contributed by atoms with Crippen molar-refractivity contribution < 1.29 is 0 Å². The lowest BCUT2D eigenvalue weighted by Crippen LogP contribution is -2.07. The van der Waals surface area contributed by atoms with Gasteiger partial charge in [-0.15, -0.1) is 0 Å². The highest BCUT2D eigenvalue weighted by molar-refractivity contribution is 6.31. The lowest BCUT2D eigenvalue weighted by molar-refractivity contribution is 0.708. The van der Waals surface area contributed by atoms with Crippen molar-refractivity contribution in [2.45, 2.75) is 20.0 Å². The molecular formula is C11H13ClN4. The fraction of sp³-hybridized carbons (Fsp3) is 0.273. The third-order valence-corrected chi connectivity index (χ3v) is 2.64. The molecule has 2 aromatic heterocycles. The van der Waals surface area contributed by atoms with Gasteiger partial charge >= 0.3 is 0 Å². The van der Waals surface area contributed by atoms with Crippen LogP contribution in [0.1, 0.15) is 12.7 Å². The van der Waals surface area contributed by atoms with Crippen molar-refractivity contribution in [2.24, 2.45) is 0 Å². The van der Waals surface area contributed by atoms with E-state index in [1.807, 2.05) is 18.3 Å². The zero-order valence-electron chi connectivity index (χ0n) is 9.02. The smallest absolute Gasteiger partial charge is 0.152 e. The van der Waals surface area contributed by atoms with Gasteiger partial charge in [0.1, 0.15) is 5.82 Å². The number of aromatic nitrogens is 3. The van der Waals surface area contributed by atoms with Crippen molar-refractivity contribution in [1.29, 1.82) is 0 Å². The van der Waals surface area contributed by atoms with Crippen molar-refractivity contribution in [1.82, 2.24) is 14.5 Å². The number of hydrogen-bond donors (Lipinski definition) is 1. The Bertz CT molecular complexity index is 467. The average Bonchev–Trinajstić information content (AvgIpc) is 2.75. The summed E-state index contributed by atoms with van der Waals surface area (Å²) in [5, 5.41) is 3.70. The Labute approximate surface area is 99.3 Å². The van der Waals surface area contributed by atoms with Gasteiger partial charge in [-0.1, -0.05) is 11.6 Å². The van der Waals surface area contributed by atoms with Crippen molar-refractivity contribution in [3.8, 4) is 0 Å². The molecule has 0 aliphatic heterocycles. The van der Waals surface area contributed by atoms with Gasteiger partial charge in [-0.25, -0.2) is 9.97 Å². The number of hydrogen-bond acceptors (Lipinski definition) is 3. The SMILES string of the molecule is CCn1ccnc1CNc1cccnc1Cl. The number of nitrogens with zero attached hydrogens (tertiary/aromatic N) is 3. The van der Waals surface area contributed by atoms with Gasteiger partial charge in [0.2, 0.25) is 0 Å². The molecule has 84 valence electrons. The number of halogens is 1. The van der Waals surface area contributed by atoms with E-state index in [-0.39, 0.29) is 0 Å². The fourth-order valence-corrected chi connectivity index (χ4v) is 1.67. The quantitative estimate of drug-likeness (QED) is 0.830. The summed E-state index contributed by atoms with van der Waals surface area (Å²) in [5.41, 5.74) is 0.829. The molecule has 0 aromatic carbocycles. The van der Waals surface area contributed by atoms with Crippen molar-refractivity contribution in [2.75, 3.05) is 5.32 Å². The summed E-state index contributed by atoms with van der Waals surface area (Å²) < 4.78 is 2.08. The Morgan fingerprint density at radius 2 is 2.25 bits per heavy atom. The highest BCUT2D eigenvalue weighted by Crippen LogP contribution is 2.17. The van der Waals surface area contributed by atoms with Crippen LogP contribution in [0.5, 0.6) is 0 Å². The summed E-state index contributed by atoms with van der Waals surface area (Å²) in [7, 11) is 0. The first-order valence-electron chi connectivity index (χ1n) is 5.15. The van der Waals surface area contributed by atoms with Crippen LogP contribution in [-0.4, -0.2) is 14.5 Å². The molecule has 0 fully saturated rings. The molecule has 1 N–H and O–H groups in total. The second-order valence-electron chi connectivity index (χ2n) is 3.32. The fourth-order valence-electron chi connectivity index (χ4n) is 1.49. The van der Waals surface area contributed by atoms with Crippen LogP contribution >= 0.6 is 11.6 Å². The van der Waals surface area contributed by atoms with E-state index in [0.29, 0.717) is 11.7 Å². The van der Waals surface area contributed by atoms with Crippen LogP contribution in [0.3, 0.4) is 0 Å². The molecular weight excluding hydrogens is 224 g/mol. The van der Waals surface area contributed by atoms with E-state index in [2.05, 4.69) is 26.8 Å². The molecule has 0 aliphatic rings. The molecule has 2 heterocycles. The number of rotatable bonds is 4. The molecule has 4 nitrogen and oxygen atoms in total. The van der Waals surface area contributed by atoms with Crippen molar-refractivity contribution in [3.63, 3.8) is 0 Å². The zero-order chi connectivity index (χ0) is 11.4. The lowest BCUT2D eigenvalue weighted by Gasteiger charge is -2.08. The van der Waals surface area contributed by atoms with Crippen molar-refractivity contribution in [3.05, 3.63) is 41.7 Å². The molecule has 0 aliphatic carbocycles. The maximum atomic E-state index is 5.94. The van der Waals surface area contributed by atoms with Gasteiger partial charge in [-0.05, 0) is 19.1 Å². The van der Waals surface area contributed by atoms with E-state index in [1.165, 1.54) is 0 Å². The van der Waals surface area contributed by atoms with E-state index in [0.717, 1.165) is 18.1 Å². The number of imidazole rings is 1. The number of pyridine rings is 1. The molecule has 0 spiro atoms. The van der Waals surface area contributed by atoms with Gasteiger partial charge in [0.25, 0.3) is 0 Å². The molecule has 0 amide bonds. The normalized spacial score (nSPS) is 10.4. The predicted molar refractivity (Wildman–Crippen MR) is 64.5 cm³/mol. The summed E-state index contributed by atoms with van der Waals surface area (Å²) >= 11 is 5.94. The highest BCUT2D eigenvalue weighted by atomic mass is 35.5. The Morgan fingerprint density at radius 3 is 3.00 bits per heavy atom. The molecule has 0 saturated carbocycles. The monoisotopic (exact) mass is 236 g/mol. The standard InChI is InChI=1S/C11H13ClN4/c1-2-16-7-6-13-10(16)8-15-9-4-3-5-14-11(9)12/h3-7,15H,2,8H2,1H3. The minimum absolute atomic E-state index is 0.483. The van der Waals surface area contributed by atoms with Crippen LogP contribution in [0.25, 0.3) is 0 Å². The maximum absolute atomic E-state index is 5.94.